The second-order valence-electron chi connectivity index (χ2n) is 22.9. The molecule has 0 saturated carbocycles. The van der Waals surface area contributed by atoms with Gasteiger partial charge in [0.05, 0.1) is 28.5 Å². The van der Waals surface area contributed by atoms with Gasteiger partial charge in [-0.2, -0.15) is 0 Å². The van der Waals surface area contributed by atoms with Gasteiger partial charge < -0.3 is 14.2 Å². The molecular formula is C74H59BN2OS. The standard InChI is InChI=1S/C74H59BN2OS/c1-73(2,3)54-35-39-56(40-36-54)76(57-41-37-55(38-42-57)74(4,5)6)64-47-62-72(71-68(64)60-30-19-20-33-66(60)78-71)79-67-46-53(49-24-13-8-14-25-49)45-65-69(67)75(62)61-43-34-52(48-22-11-7-12-23-48)44-63(61)77(65)70-58(50-26-15-9-16-27-50)31-21-32-59(70)51-28-17-10-18-29-51/h7-47H,1-6H3/i8D,13D,14D,24D,25D. The Kier molecular flexibility index (Phi) is 10.4. The van der Waals surface area contributed by atoms with Crippen LogP contribution in [0, 0.1) is 0 Å². The lowest BCUT2D eigenvalue weighted by atomic mass is 9.34. The molecule has 0 saturated heterocycles. The van der Waals surface area contributed by atoms with E-state index in [9.17, 15) is 2.74 Å². The van der Waals surface area contributed by atoms with Crippen LogP contribution < -0.4 is 26.2 Å². The molecular weight excluding hydrogens is 976 g/mol. The number of hydrogen-bond acceptors (Lipinski definition) is 4. The summed E-state index contributed by atoms with van der Waals surface area (Å²) in [6.07, 6.45) is 0. The first-order valence-corrected chi connectivity index (χ1v) is 28.0. The summed E-state index contributed by atoms with van der Waals surface area (Å²) in [4.78, 5) is 6.67. The number of nitrogens with zero attached hydrogens (tertiary/aromatic N) is 2. The predicted molar refractivity (Wildman–Crippen MR) is 337 cm³/mol. The summed E-state index contributed by atoms with van der Waals surface area (Å²) in [7, 11) is 0. The lowest BCUT2D eigenvalue weighted by molar-refractivity contribution is 0.590. The van der Waals surface area contributed by atoms with E-state index in [1.807, 2.05) is 24.3 Å². The highest BCUT2D eigenvalue weighted by Crippen LogP contribution is 2.53. The van der Waals surface area contributed by atoms with Gasteiger partial charge in [0.15, 0.2) is 5.58 Å². The second-order valence-corrected chi connectivity index (χ2v) is 23.9. The van der Waals surface area contributed by atoms with Crippen LogP contribution in [0.2, 0.25) is 0 Å². The minimum Gasteiger partial charge on any atom is -0.455 e. The van der Waals surface area contributed by atoms with Gasteiger partial charge in [-0.25, -0.2) is 0 Å². The zero-order valence-corrected chi connectivity index (χ0v) is 45.9. The van der Waals surface area contributed by atoms with E-state index in [-0.39, 0.29) is 47.3 Å². The Hall–Kier alpha value is -8.77. The molecule has 3 heterocycles. The van der Waals surface area contributed by atoms with Gasteiger partial charge in [0.2, 0.25) is 6.71 Å². The fourth-order valence-electron chi connectivity index (χ4n) is 12.0. The second kappa shape index (κ2) is 19.0. The van der Waals surface area contributed by atoms with Crippen molar-refractivity contribution in [2.24, 2.45) is 0 Å². The maximum Gasteiger partial charge on any atom is 0.249 e. The molecule has 79 heavy (non-hydrogen) atoms. The van der Waals surface area contributed by atoms with Gasteiger partial charge >= 0.3 is 0 Å². The molecule has 2 aliphatic heterocycles. The summed E-state index contributed by atoms with van der Waals surface area (Å²) in [5.41, 5.74) is 19.7. The number of rotatable bonds is 8. The molecule has 0 atom stereocenters. The zero-order valence-electron chi connectivity index (χ0n) is 50.1. The molecule has 0 bridgehead atoms. The van der Waals surface area contributed by atoms with Gasteiger partial charge in [0.25, 0.3) is 0 Å². The highest BCUT2D eigenvalue weighted by molar-refractivity contribution is 8.00. The van der Waals surface area contributed by atoms with Crippen molar-refractivity contribution in [3.8, 4) is 44.5 Å². The van der Waals surface area contributed by atoms with Crippen LogP contribution in [0.1, 0.15) is 59.5 Å². The Morgan fingerprint density at radius 1 is 0.481 bits per heavy atom. The summed E-state index contributed by atoms with van der Waals surface area (Å²) in [6.45, 7) is 13.1. The van der Waals surface area contributed by atoms with Crippen LogP contribution in [0.4, 0.5) is 34.1 Å². The smallest absolute Gasteiger partial charge is 0.249 e. The molecule has 0 unspecified atom stereocenters. The van der Waals surface area contributed by atoms with Gasteiger partial charge in [-0.3, -0.25) is 0 Å². The first kappa shape index (κ1) is 43.2. The van der Waals surface area contributed by atoms with Crippen LogP contribution in [0.25, 0.3) is 66.4 Å². The van der Waals surface area contributed by atoms with E-state index in [0.29, 0.717) is 5.56 Å². The van der Waals surface area contributed by atoms with Crippen molar-refractivity contribution in [1.82, 2.24) is 0 Å². The van der Waals surface area contributed by atoms with Gasteiger partial charge in [-0.1, -0.05) is 247 Å². The van der Waals surface area contributed by atoms with E-state index >= 15 is 0 Å². The molecule has 1 aromatic heterocycles. The van der Waals surface area contributed by atoms with Crippen molar-refractivity contribution in [2.75, 3.05) is 9.80 Å². The maximum absolute atomic E-state index is 9.51. The number of anilines is 6. The Labute approximate surface area is 476 Å². The topological polar surface area (TPSA) is 19.6 Å². The number of hydrogen-bond donors (Lipinski definition) is 0. The van der Waals surface area contributed by atoms with Crippen LogP contribution >= 0.6 is 11.8 Å². The van der Waals surface area contributed by atoms with Crippen LogP contribution in [0.5, 0.6) is 0 Å². The lowest BCUT2D eigenvalue weighted by Crippen LogP contribution is -2.60. The third kappa shape index (κ3) is 8.38. The summed E-state index contributed by atoms with van der Waals surface area (Å²) >= 11 is 1.63. The minimum absolute atomic E-state index is 0.0611. The SMILES string of the molecule is [2H]c1c([2H])c([2H])c(-c2cc3c4c(c2)N(c2c(-c5ccccc5)cccc2-c2ccccc2)c2cc(-c5ccccc5)ccc2B4c2cc(N(c4ccc(C(C)(C)C)cc4)c4ccc(C(C)(C)C)cc4)c4c(oc5ccccc54)c2S3)c([2H])c1[2H]. The Morgan fingerprint density at radius 3 is 1.63 bits per heavy atom. The molecule has 12 aromatic rings. The first-order valence-electron chi connectivity index (χ1n) is 29.7. The van der Waals surface area contributed by atoms with E-state index in [4.69, 9.17) is 8.53 Å². The monoisotopic (exact) mass is 1040 g/mol. The molecule has 0 radical (unpaired) electrons. The van der Waals surface area contributed by atoms with Crippen molar-refractivity contribution in [1.29, 1.82) is 0 Å². The van der Waals surface area contributed by atoms with E-state index in [2.05, 4.69) is 245 Å². The van der Waals surface area contributed by atoms with Gasteiger partial charge in [-0.05, 0) is 126 Å². The summed E-state index contributed by atoms with van der Waals surface area (Å²) < 4.78 is 53.0. The van der Waals surface area contributed by atoms with E-state index < -0.39 is 6.04 Å². The molecule has 0 spiro atoms. The van der Waals surface area contributed by atoms with E-state index in [1.54, 1.807) is 11.8 Å². The van der Waals surface area contributed by atoms with Crippen molar-refractivity contribution in [2.45, 2.75) is 62.2 Å². The highest BCUT2D eigenvalue weighted by Gasteiger charge is 2.44. The molecule has 3 nitrogen and oxygen atoms in total. The molecule has 0 fully saturated rings. The molecule has 0 amide bonds. The van der Waals surface area contributed by atoms with Gasteiger partial charge in [0.1, 0.15) is 5.58 Å². The molecule has 0 N–H and O–H groups in total. The zero-order chi connectivity index (χ0) is 57.9. The van der Waals surface area contributed by atoms with Crippen molar-refractivity contribution >= 4 is 90.9 Å². The van der Waals surface area contributed by atoms with Gasteiger partial charge in [0, 0.05) is 44.2 Å². The minimum atomic E-state index is -0.433. The average molecular weight is 1040 g/mol. The van der Waals surface area contributed by atoms with Crippen LogP contribution in [0.3, 0.4) is 0 Å². The predicted octanol–water partition coefficient (Wildman–Crippen LogP) is 19.1. The van der Waals surface area contributed by atoms with Crippen molar-refractivity contribution in [3.05, 3.63) is 260 Å². The lowest BCUT2D eigenvalue weighted by Gasteiger charge is -2.42. The number of fused-ring (bicyclic) bond motifs is 8. The molecule has 14 rings (SSSR count). The van der Waals surface area contributed by atoms with Crippen molar-refractivity contribution in [3.63, 3.8) is 0 Å². The third-order valence-corrected chi connectivity index (χ3v) is 17.1. The average Bonchev–Trinajstić information content (AvgIpc) is 1.14. The summed E-state index contributed by atoms with van der Waals surface area (Å²) in [6, 6.07) is 76.1. The fraction of sp³-hybridized carbons (Fsp3) is 0.108. The Bertz CT molecular complexity index is 4450. The normalized spacial score (nSPS) is 13.7. The molecule has 380 valence electrons. The summed E-state index contributed by atoms with van der Waals surface area (Å²) in [5, 5.41) is 1.96. The largest absolute Gasteiger partial charge is 0.455 e. The van der Waals surface area contributed by atoms with Crippen LogP contribution in [0.15, 0.2) is 263 Å². The highest BCUT2D eigenvalue weighted by atomic mass is 32.2. The Morgan fingerprint density at radius 2 is 1.04 bits per heavy atom. The van der Waals surface area contributed by atoms with E-state index in [0.717, 1.165) is 116 Å². The quantitative estimate of drug-likeness (QED) is 0.141. The molecule has 0 aliphatic carbocycles. The fourth-order valence-corrected chi connectivity index (χ4v) is 13.2. The third-order valence-electron chi connectivity index (χ3n) is 15.9. The summed E-state index contributed by atoms with van der Waals surface area (Å²) in [5.74, 6) is 0. The van der Waals surface area contributed by atoms with Gasteiger partial charge in [-0.15, -0.1) is 0 Å². The van der Waals surface area contributed by atoms with Crippen molar-refractivity contribution < 1.29 is 11.3 Å². The molecule has 11 aromatic carbocycles. The first-order chi connectivity index (χ1) is 40.5. The molecule has 5 heteroatoms. The van der Waals surface area contributed by atoms with Crippen LogP contribution in [-0.4, -0.2) is 6.71 Å². The number of para-hydroxylation sites is 2. The maximum atomic E-state index is 9.51. The van der Waals surface area contributed by atoms with Crippen LogP contribution in [-0.2, 0) is 10.8 Å². The Balaban J connectivity index is 1.13. The molecule has 2 aliphatic rings. The van der Waals surface area contributed by atoms with E-state index in [1.165, 1.54) is 11.1 Å². The number of furan rings is 1. The number of benzene rings is 11.